The van der Waals surface area contributed by atoms with E-state index >= 15 is 0 Å². The van der Waals surface area contributed by atoms with Gasteiger partial charge >= 0.3 is 11.7 Å². The lowest BCUT2D eigenvalue weighted by atomic mass is 10.1. The summed E-state index contributed by atoms with van der Waals surface area (Å²) in [5.41, 5.74) is 0.753. The van der Waals surface area contributed by atoms with Crippen molar-refractivity contribution in [1.82, 2.24) is 4.73 Å². The summed E-state index contributed by atoms with van der Waals surface area (Å²) in [6.07, 6.45) is 0.421. The lowest BCUT2D eigenvalue weighted by Gasteiger charge is -2.18. The molecule has 1 N–H and O–H groups in total. The fraction of sp³-hybridized carbons (Fsp3) is 0.200. The Morgan fingerprint density at radius 1 is 1.14 bits per heavy atom. The first-order valence-electron chi connectivity index (χ1n) is 8.59. The molecule has 28 heavy (non-hydrogen) atoms. The van der Waals surface area contributed by atoms with Crippen molar-refractivity contribution in [1.29, 1.82) is 0 Å². The van der Waals surface area contributed by atoms with E-state index in [1.807, 2.05) is 0 Å². The number of carboxylic acids is 1. The van der Waals surface area contributed by atoms with Crippen LogP contribution < -0.4 is 9.16 Å². The van der Waals surface area contributed by atoms with E-state index in [1.54, 1.807) is 36.4 Å². The highest BCUT2D eigenvalue weighted by Crippen LogP contribution is 2.19. The maximum Gasteiger partial charge on any atom is 0.328 e. The van der Waals surface area contributed by atoms with Crippen molar-refractivity contribution >= 4 is 22.8 Å². The molecule has 0 aliphatic rings. The molecule has 3 aromatic rings. The molecule has 0 fully saturated rings. The molecule has 144 valence electrons. The standard InChI is InChI=1S/C20H18N2O6/c1-13(23)20-18(21(26)16-4-2-3-5-17(16)22(20)27)12-28-15-9-6-14(7-10-15)8-11-19(24)25/h2-7,9-10H,8,11-12H2,1H3,(H,24,25). The number of carbonyl (C=O) groups excluding carboxylic acids is 1. The van der Waals surface area contributed by atoms with Gasteiger partial charge in [-0.2, -0.15) is 0 Å². The summed E-state index contributed by atoms with van der Waals surface area (Å²) >= 11 is 0. The maximum absolute atomic E-state index is 12.7. The Bertz CT molecular complexity index is 1100. The third-order valence-electron chi connectivity index (χ3n) is 4.30. The minimum atomic E-state index is -0.876. The lowest BCUT2D eigenvalue weighted by molar-refractivity contribution is -0.468. The molecule has 8 heteroatoms. The summed E-state index contributed by atoms with van der Waals surface area (Å²) in [4.78, 5) is 35.2. The average Bonchev–Trinajstić information content (AvgIpc) is 2.68. The zero-order valence-corrected chi connectivity index (χ0v) is 15.1. The number of benzene rings is 2. The number of fused-ring (bicyclic) bond motifs is 1. The fourth-order valence-electron chi connectivity index (χ4n) is 2.92. The van der Waals surface area contributed by atoms with Crippen molar-refractivity contribution in [3.8, 4) is 5.75 Å². The number of Topliss-reactive ketones (excluding diaryl/α,β-unsaturated/α-hetero) is 1. The third-order valence-corrected chi connectivity index (χ3v) is 4.30. The number of aromatic nitrogens is 2. The topological polar surface area (TPSA) is 115 Å². The Morgan fingerprint density at radius 2 is 1.82 bits per heavy atom. The maximum atomic E-state index is 12.7. The van der Waals surface area contributed by atoms with Crippen LogP contribution in [0.5, 0.6) is 5.75 Å². The second kappa shape index (κ2) is 7.91. The largest absolute Gasteiger partial charge is 0.805 e. The third kappa shape index (κ3) is 3.85. The van der Waals surface area contributed by atoms with Crippen LogP contribution in [-0.2, 0) is 17.8 Å². The molecule has 0 saturated heterocycles. The van der Waals surface area contributed by atoms with Crippen LogP contribution >= 0.6 is 0 Å². The van der Waals surface area contributed by atoms with E-state index < -0.39 is 11.8 Å². The number of aliphatic carboxylic acids is 1. The van der Waals surface area contributed by atoms with Gasteiger partial charge in [0.25, 0.3) is 5.52 Å². The number of hydrogen-bond acceptors (Lipinski definition) is 5. The van der Waals surface area contributed by atoms with Gasteiger partial charge in [-0.15, -0.1) is 0 Å². The molecule has 0 radical (unpaired) electrons. The van der Waals surface area contributed by atoms with Crippen LogP contribution in [0, 0.1) is 10.1 Å². The summed E-state index contributed by atoms with van der Waals surface area (Å²) in [5.74, 6) is -0.980. The molecular formula is C20H18N2O6. The minimum Gasteiger partial charge on any atom is -0.805 e. The van der Waals surface area contributed by atoms with Gasteiger partial charge in [0.2, 0.25) is 5.78 Å². The summed E-state index contributed by atoms with van der Waals surface area (Å²) in [6, 6.07) is 13.0. The Hall–Kier alpha value is -3.68. The van der Waals surface area contributed by atoms with Gasteiger partial charge in [-0.1, -0.05) is 24.3 Å². The van der Waals surface area contributed by atoms with Crippen molar-refractivity contribution < 1.29 is 23.9 Å². The predicted molar refractivity (Wildman–Crippen MR) is 101 cm³/mol. The highest BCUT2D eigenvalue weighted by Gasteiger charge is 2.26. The quantitative estimate of drug-likeness (QED) is 0.496. The molecule has 0 atom stereocenters. The van der Waals surface area contributed by atoms with E-state index in [9.17, 15) is 19.7 Å². The van der Waals surface area contributed by atoms with E-state index in [2.05, 4.69) is 0 Å². The average molecular weight is 382 g/mol. The lowest BCUT2D eigenvalue weighted by Crippen LogP contribution is -2.31. The van der Waals surface area contributed by atoms with Crippen molar-refractivity contribution in [3.63, 3.8) is 0 Å². The van der Waals surface area contributed by atoms with Crippen LogP contribution in [0.3, 0.4) is 0 Å². The van der Waals surface area contributed by atoms with Crippen molar-refractivity contribution in [2.24, 2.45) is 0 Å². The number of nitrogens with zero attached hydrogens (tertiary/aromatic N) is 2. The summed E-state index contributed by atoms with van der Waals surface area (Å²) in [6.45, 7) is 0.958. The SMILES string of the molecule is CC(=O)c1c(COc2ccc(CCC(=O)O)cc2)n([O-])c2ccccc2[n+]1=O. The highest BCUT2D eigenvalue weighted by atomic mass is 16.5. The number of ether oxygens (including phenoxy) is 1. The van der Waals surface area contributed by atoms with Crippen LogP contribution in [0.25, 0.3) is 11.0 Å². The van der Waals surface area contributed by atoms with Crippen LogP contribution in [0.1, 0.15) is 35.1 Å². The van der Waals surface area contributed by atoms with E-state index in [4.69, 9.17) is 9.84 Å². The van der Waals surface area contributed by atoms with Gasteiger partial charge in [0.15, 0.2) is 0 Å². The molecule has 0 amide bonds. The van der Waals surface area contributed by atoms with Gasteiger partial charge in [0, 0.05) is 24.3 Å². The Labute approximate surface area is 159 Å². The van der Waals surface area contributed by atoms with Crippen LogP contribution in [0.4, 0.5) is 0 Å². The summed E-state index contributed by atoms with van der Waals surface area (Å²) in [7, 11) is 0. The second-order valence-electron chi connectivity index (χ2n) is 6.26. The van der Waals surface area contributed by atoms with Crippen molar-refractivity contribution in [3.05, 3.63) is 75.6 Å². The first-order valence-corrected chi connectivity index (χ1v) is 8.59. The van der Waals surface area contributed by atoms with Gasteiger partial charge in [-0.05, 0) is 30.2 Å². The number of carboxylic acid groups (broad SMARTS) is 1. The molecule has 1 heterocycles. The monoisotopic (exact) mass is 382 g/mol. The molecule has 1 aromatic heterocycles. The zero-order chi connectivity index (χ0) is 20.3. The molecule has 2 aromatic carbocycles. The summed E-state index contributed by atoms with van der Waals surface area (Å²) < 4.78 is 6.61. The van der Waals surface area contributed by atoms with Gasteiger partial charge in [0.05, 0.1) is 4.43 Å². The number of aryl methyl sites for hydroxylation is 1. The van der Waals surface area contributed by atoms with Crippen molar-refractivity contribution in [2.45, 2.75) is 26.4 Å². The van der Waals surface area contributed by atoms with Gasteiger partial charge < -0.3 is 19.8 Å². The van der Waals surface area contributed by atoms with Crippen LogP contribution in [0.2, 0.25) is 0 Å². The van der Waals surface area contributed by atoms with Crippen LogP contribution in [0.15, 0.2) is 48.5 Å². The normalized spacial score (nSPS) is 10.8. The number of ketones is 1. The first kappa shape index (κ1) is 19.1. The molecule has 0 aliphatic heterocycles. The molecule has 0 unspecified atom stereocenters. The van der Waals surface area contributed by atoms with E-state index in [0.717, 1.165) is 5.56 Å². The molecule has 0 bridgehead atoms. The van der Waals surface area contributed by atoms with Gasteiger partial charge in [-0.3, -0.25) is 9.59 Å². The van der Waals surface area contributed by atoms with E-state index in [1.165, 1.54) is 19.1 Å². The van der Waals surface area contributed by atoms with E-state index in [0.29, 0.717) is 21.3 Å². The Balaban J connectivity index is 1.89. The zero-order valence-electron chi connectivity index (χ0n) is 15.1. The van der Waals surface area contributed by atoms with E-state index in [-0.39, 0.29) is 35.4 Å². The minimum absolute atomic E-state index is 0.0267. The number of hydrogen-bond donors (Lipinski definition) is 1. The first-order chi connectivity index (χ1) is 13.4. The smallest absolute Gasteiger partial charge is 0.328 e. The molecule has 3 rings (SSSR count). The Kier molecular flexibility index (Phi) is 5.39. The van der Waals surface area contributed by atoms with Crippen molar-refractivity contribution in [2.75, 3.05) is 0 Å². The molecule has 0 aliphatic carbocycles. The number of rotatable bonds is 7. The Morgan fingerprint density at radius 3 is 2.46 bits per heavy atom. The van der Waals surface area contributed by atoms with Crippen LogP contribution in [-0.4, -0.2) is 21.6 Å². The highest BCUT2D eigenvalue weighted by molar-refractivity contribution is 5.93. The molecular weight excluding hydrogens is 364 g/mol. The fourth-order valence-corrected chi connectivity index (χ4v) is 2.92. The number of carbonyl (C=O) groups is 2. The summed E-state index contributed by atoms with van der Waals surface area (Å²) in [5, 5.41) is 21.4. The predicted octanol–water partition coefficient (Wildman–Crippen LogP) is 2.70. The second-order valence-corrected chi connectivity index (χ2v) is 6.26. The molecule has 0 saturated carbocycles. The molecule has 8 nitrogen and oxygen atoms in total. The van der Waals surface area contributed by atoms with Gasteiger partial charge in [0.1, 0.15) is 23.6 Å². The van der Waals surface area contributed by atoms with Gasteiger partial charge in [-0.25, -0.2) is 0 Å². The number of para-hydroxylation sites is 2. The molecule has 0 spiro atoms.